The minimum absolute atomic E-state index is 0.00603. The van der Waals surface area contributed by atoms with Gasteiger partial charge in [0.25, 0.3) is 0 Å². The fourth-order valence-corrected chi connectivity index (χ4v) is 3.75. The summed E-state index contributed by atoms with van der Waals surface area (Å²) in [7, 11) is 0. The van der Waals surface area contributed by atoms with Crippen molar-refractivity contribution < 1.29 is 5.79 Å². The number of aromatic nitrogens is 1. The van der Waals surface area contributed by atoms with Crippen LogP contribution in [0.15, 0.2) is 53.1 Å². The molecule has 3 heteroatoms. The summed E-state index contributed by atoms with van der Waals surface area (Å²) in [5, 5.41) is 11.2. The molecule has 0 aliphatic carbocycles. The van der Waals surface area contributed by atoms with E-state index in [0.29, 0.717) is 11.1 Å². The average molecular weight is 384 g/mol. The van der Waals surface area contributed by atoms with Crippen LogP contribution in [0.25, 0.3) is 33.2 Å². The first-order chi connectivity index (χ1) is 14.0. The highest BCUT2D eigenvalue weighted by Gasteiger charge is 2.24. The van der Waals surface area contributed by atoms with E-state index >= 15 is 0 Å². The number of pyridine rings is 1. The van der Waals surface area contributed by atoms with Gasteiger partial charge in [-0.1, -0.05) is 47.6 Å². The second kappa shape index (κ2) is 6.46. The van der Waals surface area contributed by atoms with E-state index in [9.17, 15) is 5.26 Å². The molecule has 0 aliphatic heterocycles. The van der Waals surface area contributed by atoms with E-state index in [0.717, 1.165) is 33.2 Å². The van der Waals surface area contributed by atoms with Crippen molar-refractivity contribution in [2.45, 2.75) is 52.4 Å². The minimum Gasteiger partial charge on any atom is -0.455 e. The summed E-state index contributed by atoms with van der Waals surface area (Å²) in [6, 6.07) is 14.2. The molecule has 0 saturated carbocycles. The molecule has 0 amide bonds. The van der Waals surface area contributed by atoms with Crippen LogP contribution in [0.5, 0.6) is 0 Å². The van der Waals surface area contributed by atoms with Crippen molar-refractivity contribution in [3.8, 4) is 17.3 Å². The Hall–Kier alpha value is -3.12. The summed E-state index contributed by atoms with van der Waals surface area (Å²) >= 11 is 0. The van der Waals surface area contributed by atoms with Gasteiger partial charge in [0.15, 0.2) is 0 Å². The van der Waals surface area contributed by atoms with E-state index in [1.807, 2.05) is 18.3 Å². The SMILES string of the molecule is [2H]c1c(C#N)ccc2c1oc1c(-c3cc(C(C)(C)C)ccn3)ccc(C(C)(C)C)c12. The highest BCUT2D eigenvalue weighted by Crippen LogP contribution is 2.42. The summed E-state index contributed by atoms with van der Waals surface area (Å²) in [5.41, 5.74) is 5.48. The van der Waals surface area contributed by atoms with Gasteiger partial charge in [-0.3, -0.25) is 4.98 Å². The second-order valence-corrected chi connectivity index (χ2v) is 9.62. The van der Waals surface area contributed by atoms with E-state index in [1.54, 1.807) is 6.07 Å². The largest absolute Gasteiger partial charge is 0.455 e. The van der Waals surface area contributed by atoms with Crippen LogP contribution in [-0.4, -0.2) is 4.98 Å². The fourth-order valence-electron chi connectivity index (χ4n) is 3.75. The van der Waals surface area contributed by atoms with E-state index < -0.39 is 0 Å². The lowest BCUT2D eigenvalue weighted by atomic mass is 9.82. The third-order valence-electron chi connectivity index (χ3n) is 5.37. The molecule has 29 heavy (non-hydrogen) atoms. The zero-order valence-corrected chi connectivity index (χ0v) is 17.8. The maximum Gasteiger partial charge on any atom is 0.145 e. The predicted octanol–water partition coefficient (Wildman–Crippen LogP) is 7.11. The molecule has 2 aromatic carbocycles. The lowest BCUT2D eigenvalue weighted by Gasteiger charge is -2.22. The van der Waals surface area contributed by atoms with Crippen molar-refractivity contribution in [2.24, 2.45) is 0 Å². The third kappa shape index (κ3) is 3.29. The van der Waals surface area contributed by atoms with Crippen LogP contribution in [-0.2, 0) is 10.8 Å². The first-order valence-electron chi connectivity index (χ1n) is 10.4. The van der Waals surface area contributed by atoms with Gasteiger partial charge in [-0.2, -0.15) is 5.26 Å². The smallest absolute Gasteiger partial charge is 0.145 e. The molecule has 0 aliphatic rings. The maximum atomic E-state index is 9.35. The highest BCUT2D eigenvalue weighted by atomic mass is 16.3. The summed E-state index contributed by atoms with van der Waals surface area (Å²) in [6.07, 6.45) is 1.84. The molecule has 0 atom stereocenters. The Morgan fingerprint density at radius 1 is 1.00 bits per heavy atom. The van der Waals surface area contributed by atoms with Crippen LogP contribution < -0.4 is 0 Å². The van der Waals surface area contributed by atoms with Crippen molar-refractivity contribution in [3.63, 3.8) is 0 Å². The maximum absolute atomic E-state index is 9.35. The van der Waals surface area contributed by atoms with Gasteiger partial charge in [-0.25, -0.2) is 0 Å². The van der Waals surface area contributed by atoms with E-state index in [-0.39, 0.29) is 16.9 Å². The predicted molar refractivity (Wildman–Crippen MR) is 119 cm³/mol. The van der Waals surface area contributed by atoms with Crippen LogP contribution in [0.4, 0.5) is 0 Å². The summed E-state index contributed by atoms with van der Waals surface area (Å²) in [4.78, 5) is 4.63. The first-order valence-corrected chi connectivity index (χ1v) is 9.88. The van der Waals surface area contributed by atoms with Crippen molar-refractivity contribution in [3.05, 3.63) is 65.3 Å². The number of hydrogen-bond donors (Lipinski definition) is 0. The monoisotopic (exact) mass is 383 g/mol. The van der Waals surface area contributed by atoms with Crippen LogP contribution in [0.2, 0.25) is 0 Å². The van der Waals surface area contributed by atoms with Crippen LogP contribution in [0.3, 0.4) is 0 Å². The molecule has 0 bridgehead atoms. The minimum atomic E-state index is -0.107. The Balaban J connectivity index is 2.12. The van der Waals surface area contributed by atoms with Crippen LogP contribution in [0, 0.1) is 11.3 Å². The van der Waals surface area contributed by atoms with Gasteiger partial charge >= 0.3 is 0 Å². The quantitative estimate of drug-likeness (QED) is 0.352. The van der Waals surface area contributed by atoms with Gasteiger partial charge in [0.2, 0.25) is 0 Å². The van der Waals surface area contributed by atoms with Gasteiger partial charge in [-0.05, 0) is 58.3 Å². The molecular formula is C26H26N2O. The summed E-state index contributed by atoms with van der Waals surface area (Å²) < 4.78 is 14.8. The molecule has 0 saturated heterocycles. The number of fused-ring (bicyclic) bond motifs is 3. The Labute approximate surface area is 173 Å². The zero-order chi connectivity index (χ0) is 21.8. The number of hydrogen-bond acceptors (Lipinski definition) is 3. The van der Waals surface area contributed by atoms with Gasteiger partial charge in [-0.15, -0.1) is 0 Å². The molecule has 0 radical (unpaired) electrons. The van der Waals surface area contributed by atoms with E-state index in [4.69, 9.17) is 5.79 Å². The number of furan rings is 1. The van der Waals surface area contributed by atoms with Crippen molar-refractivity contribution in [1.82, 2.24) is 4.98 Å². The Bertz CT molecular complexity index is 1330. The Morgan fingerprint density at radius 3 is 2.41 bits per heavy atom. The number of benzene rings is 2. The molecule has 0 N–H and O–H groups in total. The number of rotatable bonds is 1. The van der Waals surface area contributed by atoms with Gasteiger partial charge in [0.1, 0.15) is 11.2 Å². The Kier molecular flexibility index (Phi) is 3.99. The van der Waals surface area contributed by atoms with Crippen LogP contribution >= 0.6 is 0 Å². The first kappa shape index (κ1) is 17.9. The molecule has 4 aromatic rings. The molecule has 0 spiro atoms. The molecule has 0 fully saturated rings. The standard InChI is InChI=1S/C26H26N2O/c1-25(2,3)17-11-12-28-21(14-17)18-9-10-20(26(4,5)6)23-19-8-7-16(15-27)13-22(19)29-24(18)23/h7-14H,1-6H3/i13D. The van der Waals surface area contributed by atoms with Crippen molar-refractivity contribution in [1.29, 1.82) is 5.26 Å². The second-order valence-electron chi connectivity index (χ2n) is 9.62. The lowest BCUT2D eigenvalue weighted by Crippen LogP contribution is -2.12. The van der Waals surface area contributed by atoms with Crippen LogP contribution in [0.1, 0.15) is 59.6 Å². The number of nitriles is 1. The van der Waals surface area contributed by atoms with E-state index in [2.05, 4.69) is 70.8 Å². The van der Waals surface area contributed by atoms with Gasteiger partial charge in [0.05, 0.1) is 18.7 Å². The lowest BCUT2D eigenvalue weighted by molar-refractivity contribution is 0.589. The Morgan fingerprint density at radius 2 is 1.76 bits per heavy atom. The molecule has 2 heterocycles. The van der Waals surface area contributed by atoms with E-state index in [1.165, 1.54) is 5.56 Å². The van der Waals surface area contributed by atoms with Crippen molar-refractivity contribution >= 4 is 21.9 Å². The summed E-state index contributed by atoms with van der Waals surface area (Å²) in [6.45, 7) is 13.1. The zero-order valence-electron chi connectivity index (χ0n) is 18.8. The molecule has 2 aromatic heterocycles. The van der Waals surface area contributed by atoms with Gasteiger partial charge in [0, 0.05) is 22.5 Å². The fraction of sp³-hybridized carbons (Fsp3) is 0.308. The topological polar surface area (TPSA) is 49.8 Å². The molecule has 0 unspecified atom stereocenters. The molecule has 146 valence electrons. The highest BCUT2D eigenvalue weighted by molar-refractivity contribution is 6.11. The average Bonchev–Trinajstić information content (AvgIpc) is 3.07. The van der Waals surface area contributed by atoms with Crippen molar-refractivity contribution in [2.75, 3.05) is 0 Å². The van der Waals surface area contributed by atoms with Gasteiger partial charge < -0.3 is 4.42 Å². The normalized spacial score (nSPS) is 12.9. The molecule has 3 nitrogen and oxygen atoms in total. The number of nitrogens with zero attached hydrogens (tertiary/aromatic N) is 2. The summed E-state index contributed by atoms with van der Waals surface area (Å²) in [5.74, 6) is 0. The molecule has 4 rings (SSSR count). The molecular weight excluding hydrogens is 356 g/mol. The third-order valence-corrected chi connectivity index (χ3v) is 5.37.